The van der Waals surface area contributed by atoms with E-state index >= 15 is 0 Å². The number of hydrogen-bond donors (Lipinski definition) is 0. The molecule has 264 valence electrons. The van der Waals surface area contributed by atoms with Crippen molar-refractivity contribution >= 4 is 27.6 Å². The number of benzene rings is 3. The molecule has 0 fully saturated rings. The lowest BCUT2D eigenvalue weighted by molar-refractivity contribution is -0.157. The minimum atomic E-state index is -2.94. The van der Waals surface area contributed by atoms with Gasteiger partial charge in [-0.25, -0.2) is 8.42 Å². The number of hydrogen-bond acceptors (Lipinski definition) is 8. The molecule has 9 heteroatoms. The summed E-state index contributed by atoms with van der Waals surface area (Å²) >= 11 is 1.90. The molecule has 0 aliphatic carbocycles. The van der Waals surface area contributed by atoms with Gasteiger partial charge in [0.05, 0.1) is 31.5 Å². The van der Waals surface area contributed by atoms with E-state index in [9.17, 15) is 13.2 Å². The second-order valence-corrected chi connectivity index (χ2v) is 16.8. The Balaban J connectivity index is 1.91. The number of thioether (sulfide) groups is 1. The summed E-state index contributed by atoms with van der Waals surface area (Å²) in [5.41, 5.74) is 4.16. The molecule has 0 spiro atoms. The highest BCUT2D eigenvalue weighted by Crippen LogP contribution is 2.49. The third-order valence-electron chi connectivity index (χ3n) is 8.19. The van der Waals surface area contributed by atoms with Crippen LogP contribution in [0.25, 0.3) is 0 Å². The zero-order valence-corrected chi connectivity index (χ0v) is 31.4. The van der Waals surface area contributed by atoms with Crippen molar-refractivity contribution in [1.82, 2.24) is 0 Å². The van der Waals surface area contributed by atoms with E-state index in [1.807, 2.05) is 56.8 Å². The number of ether oxygens (including phenoxy) is 4. The monoisotopic (exact) mass is 698 g/mol. The first-order valence-electron chi connectivity index (χ1n) is 16.7. The Morgan fingerprint density at radius 2 is 1.35 bits per heavy atom. The van der Waals surface area contributed by atoms with Gasteiger partial charge >= 0.3 is 5.97 Å². The first-order valence-corrected chi connectivity index (χ1v) is 19.8. The number of methoxy groups -OCH3 is 3. The summed E-state index contributed by atoms with van der Waals surface area (Å²) in [4.78, 5) is 12.4. The molecule has 0 aromatic heterocycles. The second-order valence-electron chi connectivity index (χ2n) is 13.3. The Morgan fingerprint density at radius 3 is 1.88 bits per heavy atom. The van der Waals surface area contributed by atoms with Crippen LogP contribution in [0.3, 0.4) is 0 Å². The first-order chi connectivity index (χ1) is 22.8. The normalized spacial score (nSPS) is 12.8. The Kier molecular flexibility index (Phi) is 15.3. The fourth-order valence-electron chi connectivity index (χ4n) is 5.80. The Labute approximate surface area is 293 Å². The molecular weight excluding hydrogens is 645 g/mol. The molecule has 3 rings (SSSR count). The van der Waals surface area contributed by atoms with Gasteiger partial charge in [0.1, 0.15) is 26.9 Å². The number of esters is 1. The van der Waals surface area contributed by atoms with Crippen molar-refractivity contribution < 1.29 is 32.2 Å². The number of aryl methyl sites for hydroxylation is 1. The van der Waals surface area contributed by atoms with Crippen LogP contribution in [0.1, 0.15) is 88.0 Å². The Bertz CT molecular complexity index is 1460. The molecule has 1 unspecified atom stereocenters. The van der Waals surface area contributed by atoms with Crippen LogP contribution in [-0.2, 0) is 35.3 Å². The average Bonchev–Trinajstić information content (AvgIpc) is 3.04. The lowest BCUT2D eigenvalue weighted by Crippen LogP contribution is -2.27. The first kappa shape index (κ1) is 39.4. The van der Waals surface area contributed by atoms with E-state index < -0.39 is 20.2 Å². The SMILES string of the molecule is COc1ccc(C(SCCCCCCS(C)(=O)=O)(c2ccc(OC)cc2)c2cccc(CCCC(CC(=O)OC(C)(C)C)OC)c2)cc1. The third kappa shape index (κ3) is 12.5. The van der Waals surface area contributed by atoms with E-state index in [2.05, 4.69) is 48.5 Å². The third-order valence-corrected chi connectivity index (χ3v) is 10.9. The summed E-state index contributed by atoms with van der Waals surface area (Å²) in [6, 6.07) is 25.5. The van der Waals surface area contributed by atoms with Gasteiger partial charge in [0.25, 0.3) is 0 Å². The predicted octanol–water partition coefficient (Wildman–Crippen LogP) is 8.40. The highest BCUT2D eigenvalue weighted by molar-refractivity contribution is 8.00. The van der Waals surface area contributed by atoms with Crippen LogP contribution >= 0.6 is 11.8 Å². The van der Waals surface area contributed by atoms with Crippen molar-refractivity contribution in [2.75, 3.05) is 39.1 Å². The van der Waals surface area contributed by atoms with Crippen molar-refractivity contribution in [2.45, 2.75) is 88.6 Å². The van der Waals surface area contributed by atoms with Crippen LogP contribution in [0, 0.1) is 0 Å². The van der Waals surface area contributed by atoms with E-state index in [0.717, 1.165) is 66.9 Å². The molecule has 0 heterocycles. The molecule has 3 aromatic carbocycles. The molecule has 48 heavy (non-hydrogen) atoms. The zero-order chi connectivity index (χ0) is 35.2. The van der Waals surface area contributed by atoms with Crippen molar-refractivity contribution in [1.29, 1.82) is 0 Å². The number of unbranched alkanes of at least 4 members (excludes halogenated alkanes) is 3. The molecule has 0 saturated heterocycles. The minimum Gasteiger partial charge on any atom is -0.497 e. The molecule has 1 atom stereocenters. The summed E-state index contributed by atoms with van der Waals surface area (Å²) in [7, 11) is 2.06. The van der Waals surface area contributed by atoms with Crippen molar-refractivity contribution in [3.63, 3.8) is 0 Å². The molecular formula is C39H54O7S2. The molecule has 0 aliphatic heterocycles. The van der Waals surface area contributed by atoms with E-state index in [4.69, 9.17) is 18.9 Å². The van der Waals surface area contributed by atoms with Crippen LogP contribution in [0.15, 0.2) is 72.8 Å². The summed E-state index contributed by atoms with van der Waals surface area (Å²) in [6.07, 6.45) is 7.30. The maximum absolute atomic E-state index is 12.4. The number of rotatable bonds is 20. The van der Waals surface area contributed by atoms with Gasteiger partial charge in [-0.15, -0.1) is 11.8 Å². The van der Waals surface area contributed by atoms with Crippen molar-refractivity contribution in [3.8, 4) is 11.5 Å². The van der Waals surface area contributed by atoms with Gasteiger partial charge < -0.3 is 18.9 Å². The van der Waals surface area contributed by atoms with Gasteiger partial charge in [0, 0.05) is 19.1 Å². The van der Waals surface area contributed by atoms with Crippen LogP contribution in [-0.4, -0.2) is 65.2 Å². The molecule has 0 saturated carbocycles. The molecule has 0 aliphatic rings. The lowest BCUT2D eigenvalue weighted by Gasteiger charge is -2.36. The Hall–Kier alpha value is -3.01. The van der Waals surface area contributed by atoms with E-state index in [1.54, 1.807) is 21.3 Å². The fourth-order valence-corrected chi connectivity index (χ4v) is 8.08. The van der Waals surface area contributed by atoms with Crippen molar-refractivity contribution in [3.05, 3.63) is 95.1 Å². The van der Waals surface area contributed by atoms with Crippen molar-refractivity contribution in [2.24, 2.45) is 0 Å². The van der Waals surface area contributed by atoms with E-state index in [1.165, 1.54) is 17.4 Å². The topological polar surface area (TPSA) is 88.1 Å². The summed E-state index contributed by atoms with van der Waals surface area (Å²) in [5.74, 6) is 2.48. The van der Waals surface area contributed by atoms with Crippen LogP contribution < -0.4 is 9.47 Å². The summed E-state index contributed by atoms with van der Waals surface area (Å²) < 4.78 is 44.9. The van der Waals surface area contributed by atoms with Gasteiger partial charge in [0.15, 0.2) is 0 Å². The zero-order valence-electron chi connectivity index (χ0n) is 29.8. The maximum atomic E-state index is 12.4. The molecule has 3 aromatic rings. The number of sulfone groups is 1. The van der Waals surface area contributed by atoms with Gasteiger partial charge in [0.2, 0.25) is 0 Å². The van der Waals surface area contributed by atoms with E-state index in [0.29, 0.717) is 6.42 Å². The summed E-state index contributed by atoms with van der Waals surface area (Å²) in [6.45, 7) is 5.62. The molecule has 0 N–H and O–H groups in total. The lowest BCUT2D eigenvalue weighted by atomic mass is 9.83. The largest absolute Gasteiger partial charge is 0.497 e. The highest BCUT2D eigenvalue weighted by atomic mass is 32.2. The smallest absolute Gasteiger partial charge is 0.308 e. The molecule has 0 bridgehead atoms. The van der Waals surface area contributed by atoms with Crippen LogP contribution in [0.4, 0.5) is 0 Å². The van der Waals surface area contributed by atoms with Crippen LogP contribution in [0.2, 0.25) is 0 Å². The highest BCUT2D eigenvalue weighted by Gasteiger charge is 2.37. The standard InChI is InChI=1S/C39H54O7S2/c1-38(2,3)46-37(40)29-36(45-6)17-13-15-30-14-12-16-33(28-30)39(31-18-22-34(43-4)23-19-31,32-20-24-35(44-5)25-21-32)47-26-10-8-9-11-27-48(7,41)42/h12,14,16,18-25,28,36H,8-11,13,15,17,26-27,29H2,1-7H3. The number of carbonyl (C=O) groups is 1. The predicted molar refractivity (Wildman–Crippen MR) is 197 cm³/mol. The van der Waals surface area contributed by atoms with Gasteiger partial charge in [-0.05, 0) is 105 Å². The van der Waals surface area contributed by atoms with E-state index in [-0.39, 0.29) is 24.2 Å². The number of carbonyl (C=O) groups excluding carboxylic acids is 1. The second kappa shape index (κ2) is 18.7. The average molecular weight is 699 g/mol. The van der Waals surface area contributed by atoms with Gasteiger partial charge in [-0.1, -0.05) is 61.4 Å². The van der Waals surface area contributed by atoms with Crippen LogP contribution in [0.5, 0.6) is 11.5 Å². The quantitative estimate of drug-likeness (QED) is 0.0661. The van der Waals surface area contributed by atoms with Gasteiger partial charge in [-0.2, -0.15) is 0 Å². The fraction of sp³-hybridized carbons (Fsp3) is 0.513. The van der Waals surface area contributed by atoms with Gasteiger partial charge in [-0.3, -0.25) is 4.79 Å². The maximum Gasteiger partial charge on any atom is 0.308 e. The summed E-state index contributed by atoms with van der Waals surface area (Å²) in [5, 5.41) is 0. The minimum absolute atomic E-state index is 0.200. The molecule has 7 nitrogen and oxygen atoms in total. The Morgan fingerprint density at radius 1 is 0.771 bits per heavy atom. The molecule has 0 radical (unpaired) electrons. The molecule has 0 amide bonds.